The van der Waals surface area contributed by atoms with Gasteiger partial charge in [-0.05, 0) is 30.3 Å². The lowest BCUT2D eigenvalue weighted by Crippen LogP contribution is -1.99. The summed E-state index contributed by atoms with van der Waals surface area (Å²) in [6, 6.07) is 8.54. The quantitative estimate of drug-likeness (QED) is 0.693. The van der Waals surface area contributed by atoms with Crippen LogP contribution in [-0.2, 0) is 0 Å². The standard InChI is InChI=1S/C14H9F2N3O/c15-10-2-1-3-11(16)9(10)7-17-8-4-5-12-13(6-8)19-14(20)18-12/h1-7H,(H2,18,19,20). The first kappa shape index (κ1) is 12.3. The average Bonchev–Trinajstić information content (AvgIpc) is 2.77. The fraction of sp³-hybridized carbons (Fsp3) is 0. The van der Waals surface area contributed by atoms with Gasteiger partial charge in [0.15, 0.2) is 0 Å². The van der Waals surface area contributed by atoms with Crippen LogP contribution in [0.2, 0.25) is 0 Å². The van der Waals surface area contributed by atoms with E-state index in [1.807, 2.05) is 0 Å². The summed E-state index contributed by atoms with van der Waals surface area (Å²) in [5.74, 6) is -1.35. The predicted molar refractivity (Wildman–Crippen MR) is 72.5 cm³/mol. The van der Waals surface area contributed by atoms with Crippen LogP contribution in [0.4, 0.5) is 14.5 Å². The van der Waals surface area contributed by atoms with E-state index >= 15 is 0 Å². The van der Waals surface area contributed by atoms with Crippen LogP contribution in [0.1, 0.15) is 5.56 Å². The van der Waals surface area contributed by atoms with E-state index in [0.717, 1.165) is 18.3 Å². The molecule has 3 rings (SSSR count). The highest BCUT2D eigenvalue weighted by Gasteiger charge is 2.05. The van der Waals surface area contributed by atoms with Gasteiger partial charge in [-0.3, -0.25) is 4.99 Å². The minimum absolute atomic E-state index is 0.199. The Bertz CT molecular complexity index is 844. The number of nitrogens with one attached hydrogen (secondary N) is 2. The third-order valence-electron chi connectivity index (χ3n) is 2.84. The summed E-state index contributed by atoms with van der Waals surface area (Å²) in [5, 5.41) is 0. The first-order valence-corrected chi connectivity index (χ1v) is 5.83. The highest BCUT2D eigenvalue weighted by molar-refractivity contribution is 5.84. The van der Waals surface area contributed by atoms with Gasteiger partial charge in [0.2, 0.25) is 0 Å². The summed E-state index contributed by atoms with van der Waals surface area (Å²) >= 11 is 0. The summed E-state index contributed by atoms with van der Waals surface area (Å²) in [5.41, 5.74) is 1.19. The van der Waals surface area contributed by atoms with Crippen LogP contribution in [0.25, 0.3) is 11.0 Å². The number of hydrogen-bond acceptors (Lipinski definition) is 2. The number of hydrogen-bond donors (Lipinski definition) is 2. The van der Waals surface area contributed by atoms with Gasteiger partial charge in [0.05, 0.1) is 22.3 Å². The molecule has 0 saturated carbocycles. The van der Waals surface area contributed by atoms with Crippen LogP contribution in [0, 0.1) is 11.6 Å². The van der Waals surface area contributed by atoms with Gasteiger partial charge in [-0.1, -0.05) is 6.07 Å². The lowest BCUT2D eigenvalue weighted by atomic mass is 10.2. The summed E-state index contributed by atoms with van der Waals surface area (Å²) in [6.45, 7) is 0. The summed E-state index contributed by atoms with van der Waals surface area (Å²) in [6.07, 6.45) is 1.12. The van der Waals surface area contributed by atoms with Gasteiger partial charge in [-0.15, -0.1) is 0 Å². The molecule has 0 amide bonds. The molecule has 1 heterocycles. The second-order valence-corrected chi connectivity index (χ2v) is 4.20. The van der Waals surface area contributed by atoms with E-state index in [1.165, 1.54) is 6.07 Å². The molecule has 0 unspecified atom stereocenters. The van der Waals surface area contributed by atoms with Gasteiger partial charge in [0.1, 0.15) is 11.6 Å². The molecule has 0 fully saturated rings. The van der Waals surface area contributed by atoms with Gasteiger partial charge in [-0.25, -0.2) is 13.6 Å². The van der Waals surface area contributed by atoms with Crippen LogP contribution in [0.3, 0.4) is 0 Å². The maximum atomic E-state index is 13.4. The SMILES string of the molecule is O=c1[nH]c2ccc(N=Cc3c(F)cccc3F)cc2[nH]1. The van der Waals surface area contributed by atoms with Crippen molar-refractivity contribution in [3.63, 3.8) is 0 Å². The zero-order valence-corrected chi connectivity index (χ0v) is 10.2. The second-order valence-electron chi connectivity index (χ2n) is 4.20. The van der Waals surface area contributed by atoms with Gasteiger partial charge in [0.25, 0.3) is 0 Å². The van der Waals surface area contributed by atoms with Crippen LogP contribution in [-0.4, -0.2) is 16.2 Å². The number of halogens is 2. The van der Waals surface area contributed by atoms with E-state index in [-0.39, 0.29) is 11.3 Å². The number of aromatic amines is 2. The van der Waals surface area contributed by atoms with Crippen LogP contribution in [0.5, 0.6) is 0 Å². The molecule has 4 nitrogen and oxygen atoms in total. The number of imidazole rings is 1. The fourth-order valence-corrected chi connectivity index (χ4v) is 1.87. The van der Waals surface area contributed by atoms with Gasteiger partial charge in [0, 0.05) is 6.21 Å². The maximum absolute atomic E-state index is 13.4. The Hall–Kier alpha value is -2.76. The molecule has 2 N–H and O–H groups in total. The molecule has 6 heteroatoms. The average molecular weight is 273 g/mol. The van der Waals surface area contributed by atoms with Crippen molar-refractivity contribution in [3.05, 3.63) is 64.1 Å². The number of fused-ring (bicyclic) bond motifs is 1. The zero-order valence-electron chi connectivity index (χ0n) is 10.2. The Morgan fingerprint density at radius 2 is 1.70 bits per heavy atom. The predicted octanol–water partition coefficient (Wildman–Crippen LogP) is 2.89. The fourth-order valence-electron chi connectivity index (χ4n) is 1.87. The summed E-state index contributed by atoms with van der Waals surface area (Å²) in [7, 11) is 0. The third-order valence-corrected chi connectivity index (χ3v) is 2.84. The molecule has 1 aromatic heterocycles. The first-order chi connectivity index (χ1) is 9.63. The monoisotopic (exact) mass is 273 g/mol. The van der Waals surface area contributed by atoms with Crippen molar-refractivity contribution in [2.24, 2.45) is 4.99 Å². The minimum atomic E-state index is -0.676. The van der Waals surface area contributed by atoms with Crippen LogP contribution >= 0.6 is 0 Å². The molecular weight excluding hydrogens is 264 g/mol. The molecule has 0 aliphatic rings. The number of H-pyrrole nitrogens is 2. The molecule has 0 bridgehead atoms. The Kier molecular flexibility index (Phi) is 2.90. The Morgan fingerprint density at radius 3 is 2.45 bits per heavy atom. The molecule has 0 spiro atoms. The molecule has 0 radical (unpaired) electrons. The smallest absolute Gasteiger partial charge is 0.306 e. The van der Waals surface area contributed by atoms with Crippen LogP contribution in [0.15, 0.2) is 46.2 Å². The number of aromatic nitrogens is 2. The van der Waals surface area contributed by atoms with Crippen molar-refractivity contribution >= 4 is 22.9 Å². The van der Waals surface area contributed by atoms with Gasteiger partial charge < -0.3 is 9.97 Å². The maximum Gasteiger partial charge on any atom is 0.323 e. The van der Waals surface area contributed by atoms with E-state index < -0.39 is 11.6 Å². The molecule has 0 saturated heterocycles. The van der Waals surface area contributed by atoms with Crippen molar-refractivity contribution in [2.45, 2.75) is 0 Å². The van der Waals surface area contributed by atoms with Gasteiger partial charge >= 0.3 is 5.69 Å². The molecule has 20 heavy (non-hydrogen) atoms. The lowest BCUT2D eigenvalue weighted by Gasteiger charge is -1.98. The molecule has 0 atom stereocenters. The topological polar surface area (TPSA) is 61.0 Å². The first-order valence-electron chi connectivity index (χ1n) is 5.83. The zero-order chi connectivity index (χ0) is 14.1. The molecular formula is C14H9F2N3O. The highest BCUT2D eigenvalue weighted by atomic mass is 19.1. The summed E-state index contributed by atoms with van der Waals surface area (Å²) in [4.78, 5) is 20.3. The molecule has 100 valence electrons. The largest absolute Gasteiger partial charge is 0.323 e. The molecule has 3 aromatic rings. The van der Waals surface area contributed by atoms with E-state index in [9.17, 15) is 13.6 Å². The lowest BCUT2D eigenvalue weighted by molar-refractivity contribution is 0.580. The Labute approximate surface area is 111 Å². The third kappa shape index (κ3) is 2.23. The molecule has 0 aliphatic carbocycles. The van der Waals surface area contributed by atoms with Crippen molar-refractivity contribution in [3.8, 4) is 0 Å². The van der Waals surface area contributed by atoms with E-state index in [1.54, 1.807) is 18.2 Å². The van der Waals surface area contributed by atoms with E-state index in [4.69, 9.17) is 0 Å². The van der Waals surface area contributed by atoms with Crippen molar-refractivity contribution in [1.82, 2.24) is 9.97 Å². The number of nitrogens with zero attached hydrogens (tertiary/aromatic N) is 1. The molecule has 2 aromatic carbocycles. The van der Waals surface area contributed by atoms with Crippen molar-refractivity contribution < 1.29 is 8.78 Å². The van der Waals surface area contributed by atoms with Gasteiger partial charge in [-0.2, -0.15) is 0 Å². The van der Waals surface area contributed by atoms with Crippen molar-refractivity contribution in [2.75, 3.05) is 0 Å². The Balaban J connectivity index is 2.00. The minimum Gasteiger partial charge on any atom is -0.306 e. The van der Waals surface area contributed by atoms with Crippen molar-refractivity contribution in [1.29, 1.82) is 0 Å². The number of rotatable bonds is 2. The normalized spacial score (nSPS) is 11.5. The summed E-state index contributed by atoms with van der Waals surface area (Å²) < 4.78 is 26.9. The van der Waals surface area contributed by atoms with E-state index in [0.29, 0.717) is 16.7 Å². The number of benzene rings is 2. The van der Waals surface area contributed by atoms with E-state index in [2.05, 4.69) is 15.0 Å². The Morgan fingerprint density at radius 1 is 1.00 bits per heavy atom. The van der Waals surface area contributed by atoms with Crippen LogP contribution < -0.4 is 5.69 Å². The second kappa shape index (κ2) is 4.73. The molecule has 0 aliphatic heterocycles. The number of aliphatic imine (C=N–C) groups is 1. The highest BCUT2D eigenvalue weighted by Crippen LogP contribution is 2.18.